The van der Waals surface area contributed by atoms with E-state index in [0.29, 0.717) is 65.0 Å². The summed E-state index contributed by atoms with van der Waals surface area (Å²) in [6, 6.07) is 12.4. The topological polar surface area (TPSA) is 110 Å². The number of halogens is 2. The monoisotopic (exact) mass is 724 g/mol. The van der Waals surface area contributed by atoms with Crippen LogP contribution in [-0.2, 0) is 36.6 Å². The minimum atomic E-state index is -0.940. The zero-order chi connectivity index (χ0) is 36.8. The molecule has 2 spiro atoms. The number of benzene rings is 2. The van der Waals surface area contributed by atoms with Gasteiger partial charge in [0, 0.05) is 30.3 Å². The first kappa shape index (κ1) is 34.4. The Hall–Kier alpha value is -4.33. The lowest BCUT2D eigenvalue weighted by Gasteiger charge is -2.55. The van der Waals surface area contributed by atoms with Crippen molar-refractivity contribution in [2.75, 3.05) is 26.4 Å². The standard InChI is InChI=1S/C21H23FN2O3.C20H19FN2O3/c1-19-12-14-13-23-24(16-5-3-15(22)4-6-16)17(14)11-18(19)20(2,25)7-8-21(19)26-9-10-27-21;1-19-11-13-12-22-23(15-4-2-14(21)3-5-15)17(13)10-16(19)18(24)6-7-20(19)25-8-9-26-20/h3-6,11,13,25H,7-10,12H2,1-2H3;2-5,10,12H,6-9,11H2,1H3/t19-,20?;19-/m00/s1. The number of rotatable bonds is 2. The third kappa shape index (κ3) is 5.17. The number of nitrogens with zero attached hydrogens (tertiary/aromatic N) is 4. The molecule has 0 amide bonds. The molecule has 12 heteroatoms. The molecular formula is C41H42F2N4O6. The van der Waals surface area contributed by atoms with Crippen LogP contribution >= 0.6 is 0 Å². The van der Waals surface area contributed by atoms with Gasteiger partial charge in [-0.1, -0.05) is 6.92 Å². The smallest absolute Gasteiger partial charge is 0.178 e. The molecule has 4 fully saturated rings. The fourth-order valence-electron chi connectivity index (χ4n) is 9.64. The van der Waals surface area contributed by atoms with Crippen LogP contribution in [0.4, 0.5) is 8.78 Å². The van der Waals surface area contributed by atoms with Crippen LogP contribution in [0.5, 0.6) is 0 Å². The molecule has 276 valence electrons. The lowest BCUT2D eigenvalue weighted by atomic mass is 9.57. The van der Waals surface area contributed by atoms with Gasteiger partial charge in [0.2, 0.25) is 0 Å². The quantitative estimate of drug-likeness (QED) is 0.257. The van der Waals surface area contributed by atoms with Crippen LogP contribution in [0.25, 0.3) is 23.5 Å². The van der Waals surface area contributed by atoms with Crippen molar-refractivity contribution in [1.82, 2.24) is 19.6 Å². The van der Waals surface area contributed by atoms with Crippen LogP contribution in [0.1, 0.15) is 69.0 Å². The highest BCUT2D eigenvalue weighted by molar-refractivity contribution is 6.02. The van der Waals surface area contributed by atoms with E-state index >= 15 is 0 Å². The van der Waals surface area contributed by atoms with E-state index in [4.69, 9.17) is 18.9 Å². The van der Waals surface area contributed by atoms with Crippen molar-refractivity contribution in [1.29, 1.82) is 0 Å². The highest BCUT2D eigenvalue weighted by atomic mass is 19.1. The predicted molar refractivity (Wildman–Crippen MR) is 190 cm³/mol. The van der Waals surface area contributed by atoms with Gasteiger partial charge in [-0.2, -0.15) is 10.2 Å². The Morgan fingerprint density at radius 1 is 0.660 bits per heavy atom. The van der Waals surface area contributed by atoms with Crippen molar-refractivity contribution in [2.24, 2.45) is 10.8 Å². The molecule has 4 aliphatic carbocycles. The largest absolute Gasteiger partial charge is 0.386 e. The number of carbonyl (C=O) groups is 1. The molecule has 4 aromatic rings. The lowest BCUT2D eigenvalue weighted by Crippen LogP contribution is -2.59. The van der Waals surface area contributed by atoms with Crippen molar-refractivity contribution in [3.63, 3.8) is 0 Å². The van der Waals surface area contributed by atoms with Crippen LogP contribution in [-0.4, -0.2) is 74.1 Å². The number of aromatic nitrogens is 4. The molecular weight excluding hydrogens is 682 g/mol. The van der Waals surface area contributed by atoms with Crippen molar-refractivity contribution in [3.8, 4) is 11.4 Å². The molecule has 6 aliphatic rings. The molecule has 1 N–H and O–H groups in total. The van der Waals surface area contributed by atoms with Crippen molar-refractivity contribution in [2.45, 2.75) is 76.5 Å². The van der Waals surface area contributed by atoms with E-state index in [9.17, 15) is 18.7 Å². The third-order valence-electron chi connectivity index (χ3n) is 12.4. The second-order valence-electron chi connectivity index (χ2n) is 15.6. The Labute approximate surface area is 306 Å². The SMILES string of the molecule is CC1(O)CCC2(OCCO2)[C@@]2(C)Cc3cnn(-c4ccc(F)cc4)c3C=C12.C[C@]12Cc3cnn(-c4ccc(F)cc4)c3C=C1C(=O)CCC21OCCO1. The van der Waals surface area contributed by atoms with E-state index in [1.807, 2.05) is 31.5 Å². The van der Waals surface area contributed by atoms with Gasteiger partial charge in [-0.25, -0.2) is 18.1 Å². The van der Waals surface area contributed by atoms with Gasteiger partial charge in [-0.05, 0) is 110 Å². The first-order chi connectivity index (χ1) is 25.4. The molecule has 4 heterocycles. The Morgan fingerprint density at radius 2 is 1.13 bits per heavy atom. The summed E-state index contributed by atoms with van der Waals surface area (Å²) in [4.78, 5) is 12.7. The number of aliphatic hydroxyl groups is 1. The first-order valence-electron chi connectivity index (χ1n) is 18.3. The summed E-state index contributed by atoms with van der Waals surface area (Å²) in [5, 5.41) is 20.2. The Morgan fingerprint density at radius 3 is 1.66 bits per heavy atom. The van der Waals surface area contributed by atoms with Gasteiger partial charge in [-0.3, -0.25) is 4.79 Å². The number of Topliss-reactive ketones (excluding diaryl/α,β-unsaturated/α-hetero) is 1. The Kier molecular flexibility index (Phi) is 7.86. The van der Waals surface area contributed by atoms with Gasteiger partial charge in [0.1, 0.15) is 11.6 Å². The second kappa shape index (κ2) is 12.1. The normalized spacial score (nSPS) is 29.1. The predicted octanol–water partition coefficient (Wildman–Crippen LogP) is 6.31. The van der Waals surface area contributed by atoms with E-state index in [2.05, 4.69) is 24.0 Å². The number of fused-ring (bicyclic) bond motifs is 6. The molecule has 10 rings (SSSR count). The number of hydrogen-bond donors (Lipinski definition) is 1. The highest BCUT2D eigenvalue weighted by Crippen LogP contribution is 2.59. The fourth-order valence-corrected chi connectivity index (χ4v) is 9.64. The fraction of sp³-hybridized carbons (Fsp3) is 0.439. The van der Waals surface area contributed by atoms with Crippen LogP contribution < -0.4 is 0 Å². The maximum Gasteiger partial charge on any atom is 0.178 e. The van der Waals surface area contributed by atoms with Crippen LogP contribution in [0.3, 0.4) is 0 Å². The number of ketones is 1. The maximum absolute atomic E-state index is 13.3. The van der Waals surface area contributed by atoms with Gasteiger partial charge in [0.05, 0.1) is 72.6 Å². The minimum absolute atomic E-state index is 0.134. The van der Waals surface area contributed by atoms with Crippen molar-refractivity contribution >= 4 is 17.9 Å². The van der Waals surface area contributed by atoms with Crippen LogP contribution in [0.2, 0.25) is 0 Å². The summed E-state index contributed by atoms with van der Waals surface area (Å²) in [7, 11) is 0. The van der Waals surface area contributed by atoms with Gasteiger partial charge < -0.3 is 24.1 Å². The second-order valence-corrected chi connectivity index (χ2v) is 15.6. The van der Waals surface area contributed by atoms with Crippen LogP contribution in [0.15, 0.2) is 72.1 Å². The van der Waals surface area contributed by atoms with E-state index in [1.54, 1.807) is 33.6 Å². The molecule has 53 heavy (non-hydrogen) atoms. The minimum Gasteiger partial charge on any atom is -0.386 e. The Balaban J connectivity index is 0.000000141. The molecule has 1 unspecified atom stereocenters. The zero-order valence-electron chi connectivity index (χ0n) is 30.0. The van der Waals surface area contributed by atoms with Crippen molar-refractivity contribution in [3.05, 3.63) is 106 Å². The number of hydrogen-bond acceptors (Lipinski definition) is 8. The summed E-state index contributed by atoms with van der Waals surface area (Å²) in [5.41, 5.74) is 5.17. The van der Waals surface area contributed by atoms with Gasteiger partial charge >= 0.3 is 0 Å². The van der Waals surface area contributed by atoms with Crippen molar-refractivity contribution < 1.29 is 37.6 Å². The molecule has 0 radical (unpaired) electrons. The molecule has 10 nitrogen and oxygen atoms in total. The number of carbonyl (C=O) groups excluding carboxylic acids is 1. The third-order valence-corrected chi connectivity index (χ3v) is 12.4. The molecule has 0 bridgehead atoms. The van der Waals surface area contributed by atoms with Gasteiger partial charge in [0.25, 0.3) is 0 Å². The average molecular weight is 725 g/mol. The van der Waals surface area contributed by atoms with E-state index in [0.717, 1.165) is 45.0 Å². The lowest BCUT2D eigenvalue weighted by molar-refractivity contribution is -0.249. The zero-order valence-corrected chi connectivity index (χ0v) is 30.0. The molecule has 2 aromatic heterocycles. The first-order valence-corrected chi connectivity index (χ1v) is 18.3. The van der Waals surface area contributed by atoms with Gasteiger partial charge in [-0.15, -0.1) is 0 Å². The summed E-state index contributed by atoms with van der Waals surface area (Å²) >= 11 is 0. The molecule has 2 aliphatic heterocycles. The highest BCUT2D eigenvalue weighted by Gasteiger charge is 2.63. The van der Waals surface area contributed by atoms with E-state index in [1.165, 1.54) is 24.3 Å². The summed E-state index contributed by atoms with van der Waals surface area (Å²) in [5.74, 6) is -1.87. The summed E-state index contributed by atoms with van der Waals surface area (Å²) in [6.45, 7) is 8.30. The number of ether oxygens (including phenoxy) is 4. The van der Waals surface area contributed by atoms with E-state index in [-0.39, 0.29) is 17.4 Å². The molecule has 3 atom stereocenters. The summed E-state index contributed by atoms with van der Waals surface area (Å²) in [6.07, 6.45) is 11.2. The molecule has 2 saturated carbocycles. The molecule has 2 aromatic carbocycles. The molecule has 2 saturated heterocycles. The Bertz CT molecular complexity index is 2160. The maximum atomic E-state index is 13.3. The van der Waals surface area contributed by atoms with Gasteiger partial charge in [0.15, 0.2) is 17.4 Å². The van der Waals surface area contributed by atoms with E-state index < -0.39 is 28.0 Å². The van der Waals surface area contributed by atoms with Crippen LogP contribution in [0, 0.1) is 22.5 Å². The average Bonchev–Trinajstić information content (AvgIpc) is 3.96. The summed E-state index contributed by atoms with van der Waals surface area (Å²) < 4.78 is 54.4.